The lowest BCUT2D eigenvalue weighted by atomic mass is 9.98. The summed E-state index contributed by atoms with van der Waals surface area (Å²) in [5.41, 5.74) is 1.92. The van der Waals surface area contributed by atoms with E-state index in [1.807, 2.05) is 6.92 Å². The topological polar surface area (TPSA) is 135 Å². The van der Waals surface area contributed by atoms with Gasteiger partial charge in [-0.1, -0.05) is 6.92 Å². The van der Waals surface area contributed by atoms with Gasteiger partial charge in [0, 0.05) is 38.3 Å². The molecule has 0 radical (unpaired) electrons. The first-order chi connectivity index (χ1) is 17.9. The summed E-state index contributed by atoms with van der Waals surface area (Å²) < 4.78 is 19.0. The van der Waals surface area contributed by atoms with Crippen LogP contribution in [0, 0.1) is 5.41 Å². The summed E-state index contributed by atoms with van der Waals surface area (Å²) in [6.45, 7) is 4.55. The van der Waals surface area contributed by atoms with E-state index >= 15 is 0 Å². The first-order valence-corrected chi connectivity index (χ1v) is 12.4. The van der Waals surface area contributed by atoms with Gasteiger partial charge in [0.2, 0.25) is 5.78 Å². The summed E-state index contributed by atoms with van der Waals surface area (Å²) in [4.78, 5) is 28.7. The van der Waals surface area contributed by atoms with Crippen LogP contribution in [0.25, 0.3) is 11.0 Å². The monoisotopic (exact) mass is 508 g/mol. The number of amides is 1. The number of azo groups is 1. The van der Waals surface area contributed by atoms with Gasteiger partial charge in [-0.05, 0) is 49.9 Å². The van der Waals surface area contributed by atoms with Gasteiger partial charge in [0.05, 0.1) is 30.2 Å². The fourth-order valence-electron chi connectivity index (χ4n) is 4.56. The number of benzene rings is 1. The number of ether oxygens (including phenoxy) is 2. The third-order valence-corrected chi connectivity index (χ3v) is 6.42. The van der Waals surface area contributed by atoms with E-state index in [-0.39, 0.29) is 36.8 Å². The number of nitrogens with one attached hydrogen (secondary N) is 1. The van der Waals surface area contributed by atoms with Gasteiger partial charge in [0.1, 0.15) is 17.8 Å². The molecule has 4 rings (SSSR count). The Morgan fingerprint density at radius 3 is 2.78 bits per heavy atom. The average Bonchev–Trinajstić information content (AvgIpc) is 3.51. The molecule has 1 N–H and O–H groups in total. The number of hydrogen-bond donors (Lipinski definition) is 1. The maximum Gasteiger partial charge on any atom is 0.414 e. The largest absolute Gasteiger partial charge is 0.450 e. The molecule has 196 valence electrons. The lowest BCUT2D eigenvalue weighted by Gasteiger charge is -2.36. The summed E-state index contributed by atoms with van der Waals surface area (Å²) >= 11 is 0. The molecule has 1 aromatic carbocycles. The third-order valence-electron chi connectivity index (χ3n) is 6.42. The fraction of sp³-hybridized carbons (Fsp3) is 0.462. The van der Waals surface area contributed by atoms with Crippen LogP contribution in [-0.2, 0) is 16.5 Å². The Bertz CT molecular complexity index is 1330. The molecular weight excluding hydrogens is 476 g/mol. The minimum Gasteiger partial charge on any atom is -0.450 e. The van der Waals surface area contributed by atoms with Gasteiger partial charge in [-0.3, -0.25) is 14.4 Å². The highest BCUT2D eigenvalue weighted by Gasteiger charge is 2.37. The summed E-state index contributed by atoms with van der Waals surface area (Å²) in [6, 6.07) is 4.92. The summed E-state index contributed by atoms with van der Waals surface area (Å²) in [6.07, 6.45) is 4.46. The number of fused-ring (bicyclic) bond motifs is 1. The maximum atomic E-state index is 13.7. The Kier molecular flexibility index (Phi) is 8.12. The maximum absolute atomic E-state index is 13.7. The number of hydrogen-bond acceptors (Lipinski definition) is 9. The second kappa shape index (κ2) is 11.5. The number of aryl methyl sites for hydroxylation is 1. The number of ketones is 1. The first kappa shape index (κ1) is 26.2. The Hall–Kier alpha value is -3.86. The second-order valence-corrected chi connectivity index (χ2v) is 8.85. The van der Waals surface area contributed by atoms with Crippen LogP contribution in [0.2, 0.25) is 0 Å². The molecule has 2 unspecified atom stereocenters. The van der Waals surface area contributed by atoms with Gasteiger partial charge in [0.15, 0.2) is 5.76 Å². The van der Waals surface area contributed by atoms with Gasteiger partial charge in [-0.25, -0.2) is 4.79 Å². The van der Waals surface area contributed by atoms with E-state index < -0.39 is 11.9 Å². The van der Waals surface area contributed by atoms with Crippen LogP contribution in [0.4, 0.5) is 10.5 Å². The zero-order valence-electron chi connectivity index (χ0n) is 21.6. The van der Waals surface area contributed by atoms with Crippen LogP contribution >= 0.6 is 0 Å². The second-order valence-electron chi connectivity index (χ2n) is 8.85. The van der Waals surface area contributed by atoms with Crippen molar-refractivity contribution in [1.29, 1.82) is 5.41 Å². The predicted molar refractivity (Wildman–Crippen MR) is 138 cm³/mol. The van der Waals surface area contributed by atoms with E-state index in [4.69, 9.17) is 19.3 Å². The molecule has 1 fully saturated rings. The van der Waals surface area contributed by atoms with Gasteiger partial charge in [-0.15, -0.1) is 0 Å². The lowest BCUT2D eigenvalue weighted by molar-refractivity contribution is 0.00468. The van der Waals surface area contributed by atoms with Crippen LogP contribution in [0.3, 0.4) is 0 Å². The van der Waals surface area contributed by atoms with Crippen molar-refractivity contribution in [3.8, 4) is 0 Å². The van der Waals surface area contributed by atoms with E-state index in [1.54, 1.807) is 50.3 Å². The Morgan fingerprint density at radius 1 is 1.30 bits per heavy atom. The average molecular weight is 509 g/mol. The molecule has 2 atom stereocenters. The van der Waals surface area contributed by atoms with Crippen molar-refractivity contribution in [1.82, 2.24) is 9.78 Å². The molecule has 3 aromatic rings. The smallest absolute Gasteiger partial charge is 0.414 e. The van der Waals surface area contributed by atoms with E-state index in [9.17, 15) is 9.59 Å². The molecule has 37 heavy (non-hydrogen) atoms. The number of aromatic nitrogens is 2. The van der Waals surface area contributed by atoms with Crippen molar-refractivity contribution in [2.45, 2.75) is 45.3 Å². The molecule has 11 heteroatoms. The van der Waals surface area contributed by atoms with Crippen molar-refractivity contribution >= 4 is 34.2 Å². The van der Waals surface area contributed by atoms with Crippen LogP contribution in [0.15, 0.2) is 45.2 Å². The Morgan fingerprint density at radius 2 is 2.11 bits per heavy atom. The van der Waals surface area contributed by atoms with Crippen molar-refractivity contribution in [3.63, 3.8) is 0 Å². The number of anilines is 1. The van der Waals surface area contributed by atoms with Gasteiger partial charge in [0.25, 0.3) is 0 Å². The fourth-order valence-corrected chi connectivity index (χ4v) is 4.56. The van der Waals surface area contributed by atoms with Crippen LogP contribution in [-0.4, -0.2) is 66.3 Å². The number of rotatable bonds is 9. The summed E-state index contributed by atoms with van der Waals surface area (Å²) in [7, 11) is 3.27. The molecule has 0 spiro atoms. The highest BCUT2D eigenvalue weighted by atomic mass is 16.6. The molecule has 0 saturated carbocycles. The van der Waals surface area contributed by atoms with Gasteiger partial charge >= 0.3 is 6.09 Å². The summed E-state index contributed by atoms with van der Waals surface area (Å²) in [5.74, 6) is -0.378. The molecular formula is C26H32N6O5. The minimum absolute atomic E-state index is 0.0190. The standard InChI is InChI=1S/C26H32N6O5/c1-5-19-12-18(9-10-36-19)32(26(34)35-6-2)23-20-11-16(21(27)14-29-28-3)7-8-22(20)37-25(23)24(33)17-13-30-31(4)15-17/h7-8,11,13,15,18-19,27H,5-6,9-10,12,14H2,1-4H3. The highest BCUT2D eigenvalue weighted by molar-refractivity contribution is 6.18. The van der Waals surface area contributed by atoms with E-state index in [1.165, 1.54) is 10.9 Å². The Balaban J connectivity index is 1.92. The lowest BCUT2D eigenvalue weighted by Crippen LogP contribution is -2.46. The third kappa shape index (κ3) is 5.46. The van der Waals surface area contributed by atoms with Crippen molar-refractivity contribution in [2.24, 2.45) is 17.3 Å². The summed E-state index contributed by atoms with van der Waals surface area (Å²) in [5, 5.41) is 20.7. The highest BCUT2D eigenvalue weighted by Crippen LogP contribution is 2.39. The first-order valence-electron chi connectivity index (χ1n) is 12.4. The van der Waals surface area contributed by atoms with E-state index in [0.29, 0.717) is 47.2 Å². The van der Waals surface area contributed by atoms with Crippen LogP contribution in [0.5, 0.6) is 0 Å². The SMILES string of the molecule is CCOC(=O)N(c1c(C(=O)c2cnn(C)c2)oc2ccc(C(=N)CN=NC)cc12)C1CCOC(CC)C1. The van der Waals surface area contributed by atoms with E-state index in [0.717, 1.165) is 6.42 Å². The molecule has 0 aliphatic carbocycles. The van der Waals surface area contributed by atoms with Crippen molar-refractivity contribution < 1.29 is 23.5 Å². The van der Waals surface area contributed by atoms with Crippen LogP contribution in [0.1, 0.15) is 54.8 Å². The predicted octanol–water partition coefficient (Wildman–Crippen LogP) is 4.77. The van der Waals surface area contributed by atoms with Crippen LogP contribution < -0.4 is 4.90 Å². The van der Waals surface area contributed by atoms with Gasteiger partial charge in [-0.2, -0.15) is 15.3 Å². The number of furan rings is 1. The van der Waals surface area contributed by atoms with Crippen molar-refractivity contribution in [3.05, 3.63) is 47.5 Å². The quantitative estimate of drug-likeness (QED) is 0.251. The molecule has 11 nitrogen and oxygen atoms in total. The van der Waals surface area contributed by atoms with Crippen molar-refractivity contribution in [2.75, 3.05) is 31.7 Å². The van der Waals surface area contributed by atoms with Gasteiger partial charge < -0.3 is 19.3 Å². The zero-order chi connectivity index (χ0) is 26.5. The zero-order valence-corrected chi connectivity index (χ0v) is 21.6. The molecule has 3 heterocycles. The normalized spacial score (nSPS) is 17.8. The Labute approximate surface area is 214 Å². The molecule has 0 bridgehead atoms. The minimum atomic E-state index is -0.563. The molecule has 1 aliphatic rings. The molecule has 2 aromatic heterocycles. The molecule has 1 saturated heterocycles. The van der Waals surface area contributed by atoms with E-state index in [2.05, 4.69) is 15.3 Å². The molecule has 1 aliphatic heterocycles. The number of nitrogens with zero attached hydrogens (tertiary/aromatic N) is 5. The molecule has 1 amide bonds. The number of carbonyl (C=O) groups is 2. The number of carbonyl (C=O) groups excluding carboxylic acids is 2.